The van der Waals surface area contributed by atoms with E-state index in [1.807, 2.05) is 31.2 Å². The van der Waals surface area contributed by atoms with Crippen molar-refractivity contribution >= 4 is 29.1 Å². The molecule has 1 aliphatic heterocycles. The summed E-state index contributed by atoms with van der Waals surface area (Å²) in [6.45, 7) is 5.19. The highest BCUT2D eigenvalue weighted by molar-refractivity contribution is 6.36. The highest BCUT2D eigenvalue weighted by atomic mass is 35.5. The van der Waals surface area contributed by atoms with E-state index in [1.54, 1.807) is 18.2 Å². The van der Waals surface area contributed by atoms with Crippen LogP contribution in [0.4, 0.5) is 0 Å². The summed E-state index contributed by atoms with van der Waals surface area (Å²) in [6, 6.07) is 13.0. The minimum absolute atomic E-state index is 0.00226. The van der Waals surface area contributed by atoms with Gasteiger partial charge in [0.2, 0.25) is 17.6 Å². The zero-order valence-electron chi connectivity index (χ0n) is 18.4. The summed E-state index contributed by atoms with van der Waals surface area (Å²) in [4.78, 5) is 19.3. The molecule has 0 saturated carbocycles. The van der Waals surface area contributed by atoms with Gasteiger partial charge in [-0.25, -0.2) is 0 Å². The smallest absolute Gasteiger partial charge is 0.241 e. The molecule has 33 heavy (non-hydrogen) atoms. The molecular weight excluding hydrogens is 463 g/mol. The summed E-state index contributed by atoms with van der Waals surface area (Å²) < 4.78 is 10.9. The Morgan fingerprint density at radius 1 is 1.21 bits per heavy atom. The van der Waals surface area contributed by atoms with Crippen LogP contribution in [0.25, 0.3) is 11.4 Å². The summed E-state index contributed by atoms with van der Waals surface area (Å²) in [5.41, 5.74) is 1.71. The second-order valence-corrected chi connectivity index (χ2v) is 8.83. The Labute approximate surface area is 203 Å². The standard InChI is InChI=1S/C24H26Cl2N4O3/c1-2-32-19-5-3-4-16(12-19)14-27-24(31)17-8-10-30(11-9-17)15-22-28-23(29-33-22)20-7-6-18(25)13-21(20)26/h3-7,12-13,17H,2,8-11,14-15H2,1H3,(H,27,31). The fourth-order valence-corrected chi connectivity index (χ4v) is 4.38. The molecule has 0 atom stereocenters. The van der Waals surface area contributed by atoms with E-state index in [2.05, 4.69) is 20.4 Å². The molecule has 1 N–H and O–H groups in total. The van der Waals surface area contributed by atoms with Gasteiger partial charge in [0.25, 0.3) is 0 Å². The third-order valence-corrected chi connectivity index (χ3v) is 6.18. The Hall–Kier alpha value is -2.61. The number of nitrogens with one attached hydrogen (secondary N) is 1. The van der Waals surface area contributed by atoms with Gasteiger partial charge in [-0.05, 0) is 68.8 Å². The maximum atomic E-state index is 12.6. The lowest BCUT2D eigenvalue weighted by Crippen LogP contribution is -2.40. The van der Waals surface area contributed by atoms with Crippen LogP contribution >= 0.6 is 23.2 Å². The van der Waals surface area contributed by atoms with Gasteiger partial charge in [0.15, 0.2) is 0 Å². The van der Waals surface area contributed by atoms with Gasteiger partial charge in [0.1, 0.15) is 5.75 Å². The number of hydrogen-bond donors (Lipinski definition) is 1. The molecule has 1 fully saturated rings. The number of hydrogen-bond acceptors (Lipinski definition) is 6. The van der Waals surface area contributed by atoms with Crippen LogP contribution in [-0.2, 0) is 17.9 Å². The number of benzene rings is 2. The van der Waals surface area contributed by atoms with E-state index in [0.29, 0.717) is 47.0 Å². The zero-order chi connectivity index (χ0) is 23.2. The monoisotopic (exact) mass is 488 g/mol. The van der Waals surface area contributed by atoms with Gasteiger partial charge in [0.05, 0.1) is 18.2 Å². The number of carbonyl (C=O) groups is 1. The van der Waals surface area contributed by atoms with Crippen molar-refractivity contribution in [2.45, 2.75) is 32.9 Å². The first kappa shape index (κ1) is 23.5. The van der Waals surface area contributed by atoms with Crippen LogP contribution in [0.5, 0.6) is 5.75 Å². The third-order valence-electron chi connectivity index (χ3n) is 5.63. The van der Waals surface area contributed by atoms with Gasteiger partial charge >= 0.3 is 0 Å². The van der Waals surface area contributed by atoms with E-state index in [4.69, 9.17) is 32.5 Å². The first-order chi connectivity index (χ1) is 16.0. The molecule has 4 rings (SSSR count). The van der Waals surface area contributed by atoms with Crippen LogP contribution in [0.3, 0.4) is 0 Å². The number of likely N-dealkylation sites (tertiary alicyclic amines) is 1. The molecule has 0 bridgehead atoms. The Bertz CT molecular complexity index is 1100. The van der Waals surface area contributed by atoms with E-state index in [0.717, 1.165) is 37.2 Å². The largest absolute Gasteiger partial charge is 0.494 e. The second kappa shape index (κ2) is 11.0. The van der Waals surface area contributed by atoms with Crippen molar-refractivity contribution in [3.8, 4) is 17.1 Å². The average Bonchev–Trinajstić information content (AvgIpc) is 3.26. The molecule has 2 heterocycles. The van der Waals surface area contributed by atoms with Crippen molar-refractivity contribution in [1.82, 2.24) is 20.4 Å². The predicted octanol–water partition coefficient (Wildman–Crippen LogP) is 4.97. The minimum atomic E-state index is 0.00226. The second-order valence-electron chi connectivity index (χ2n) is 7.98. The molecule has 1 saturated heterocycles. The summed E-state index contributed by atoms with van der Waals surface area (Å²) in [5.74, 6) is 1.87. The molecule has 1 amide bonds. The Morgan fingerprint density at radius 2 is 2.03 bits per heavy atom. The van der Waals surface area contributed by atoms with Crippen molar-refractivity contribution in [3.05, 3.63) is 64.0 Å². The van der Waals surface area contributed by atoms with E-state index in [1.165, 1.54) is 0 Å². The van der Waals surface area contributed by atoms with Gasteiger partial charge in [0, 0.05) is 23.0 Å². The normalized spacial score (nSPS) is 14.9. The predicted molar refractivity (Wildman–Crippen MR) is 127 cm³/mol. The first-order valence-electron chi connectivity index (χ1n) is 11.0. The number of ether oxygens (including phenoxy) is 1. The molecule has 3 aromatic rings. The lowest BCUT2D eigenvalue weighted by molar-refractivity contribution is -0.126. The molecule has 0 radical (unpaired) electrons. The summed E-state index contributed by atoms with van der Waals surface area (Å²) in [5, 5.41) is 8.13. The molecule has 0 spiro atoms. The Balaban J connectivity index is 1.25. The molecule has 0 aliphatic carbocycles. The quantitative estimate of drug-likeness (QED) is 0.481. The molecular formula is C24H26Cl2N4O3. The van der Waals surface area contributed by atoms with Crippen LogP contribution in [0.1, 0.15) is 31.2 Å². The maximum Gasteiger partial charge on any atom is 0.241 e. The fourth-order valence-electron chi connectivity index (χ4n) is 3.89. The van der Waals surface area contributed by atoms with Crippen LogP contribution in [0.15, 0.2) is 47.0 Å². The average molecular weight is 489 g/mol. The van der Waals surface area contributed by atoms with Crippen molar-refractivity contribution in [2.75, 3.05) is 19.7 Å². The van der Waals surface area contributed by atoms with Gasteiger partial charge in [-0.1, -0.05) is 40.5 Å². The summed E-state index contributed by atoms with van der Waals surface area (Å²) in [6.07, 6.45) is 1.57. The third kappa shape index (κ3) is 6.25. The Morgan fingerprint density at radius 3 is 2.79 bits per heavy atom. The van der Waals surface area contributed by atoms with Gasteiger partial charge < -0.3 is 14.6 Å². The number of carbonyl (C=O) groups excluding carboxylic acids is 1. The number of piperidine rings is 1. The molecule has 174 valence electrons. The van der Waals surface area contributed by atoms with Crippen LogP contribution in [0, 0.1) is 5.92 Å². The van der Waals surface area contributed by atoms with Crippen LogP contribution in [0.2, 0.25) is 10.0 Å². The minimum Gasteiger partial charge on any atom is -0.494 e. The van der Waals surface area contributed by atoms with Crippen LogP contribution in [-0.4, -0.2) is 40.6 Å². The van der Waals surface area contributed by atoms with E-state index in [9.17, 15) is 4.79 Å². The molecule has 9 heteroatoms. The van der Waals surface area contributed by atoms with Crippen LogP contribution < -0.4 is 10.1 Å². The number of amides is 1. The van der Waals surface area contributed by atoms with Crippen molar-refractivity contribution in [2.24, 2.45) is 5.92 Å². The number of aromatic nitrogens is 2. The molecule has 1 aliphatic rings. The zero-order valence-corrected chi connectivity index (χ0v) is 19.9. The van der Waals surface area contributed by atoms with Gasteiger partial charge in [-0.2, -0.15) is 4.98 Å². The topological polar surface area (TPSA) is 80.5 Å². The lowest BCUT2D eigenvalue weighted by atomic mass is 9.96. The summed E-state index contributed by atoms with van der Waals surface area (Å²) in [7, 11) is 0. The number of rotatable bonds is 8. The van der Waals surface area contributed by atoms with Crippen molar-refractivity contribution < 1.29 is 14.1 Å². The highest BCUT2D eigenvalue weighted by Crippen LogP contribution is 2.28. The van der Waals surface area contributed by atoms with E-state index < -0.39 is 0 Å². The maximum absolute atomic E-state index is 12.6. The molecule has 2 aromatic carbocycles. The lowest BCUT2D eigenvalue weighted by Gasteiger charge is -2.30. The van der Waals surface area contributed by atoms with E-state index in [-0.39, 0.29) is 11.8 Å². The first-order valence-corrected chi connectivity index (χ1v) is 11.8. The highest BCUT2D eigenvalue weighted by Gasteiger charge is 2.26. The Kier molecular flexibility index (Phi) is 7.85. The van der Waals surface area contributed by atoms with Crippen molar-refractivity contribution in [1.29, 1.82) is 0 Å². The molecule has 0 unspecified atom stereocenters. The van der Waals surface area contributed by atoms with Gasteiger partial charge in [-0.15, -0.1) is 0 Å². The molecule has 1 aromatic heterocycles. The number of nitrogens with zero attached hydrogens (tertiary/aromatic N) is 3. The SMILES string of the molecule is CCOc1cccc(CNC(=O)C2CCN(Cc3nc(-c4ccc(Cl)cc4Cl)no3)CC2)c1. The van der Waals surface area contributed by atoms with Crippen molar-refractivity contribution in [3.63, 3.8) is 0 Å². The number of halogens is 2. The van der Waals surface area contributed by atoms with Gasteiger partial charge in [-0.3, -0.25) is 9.69 Å². The molecule has 7 nitrogen and oxygen atoms in total. The van der Waals surface area contributed by atoms with E-state index >= 15 is 0 Å². The summed E-state index contributed by atoms with van der Waals surface area (Å²) >= 11 is 12.2. The fraction of sp³-hybridized carbons (Fsp3) is 0.375.